The molecule has 0 aromatic carbocycles. The maximum atomic E-state index is 5.62. The molecule has 0 aliphatic carbocycles. The maximum absolute atomic E-state index is 5.62. The number of nitrogens with zero attached hydrogens (tertiary/aromatic N) is 1. The Morgan fingerprint density at radius 3 is 2.73 bits per heavy atom. The zero-order valence-corrected chi connectivity index (χ0v) is 6.33. The van der Waals surface area contributed by atoms with E-state index in [9.17, 15) is 0 Å². The van der Waals surface area contributed by atoms with Crippen LogP contribution < -0.4 is 5.73 Å². The first-order valence-electron chi connectivity index (χ1n) is 3.51. The van der Waals surface area contributed by atoms with Gasteiger partial charge in [-0.15, -0.1) is 0 Å². The minimum absolute atomic E-state index is 0.0411. The highest BCUT2D eigenvalue weighted by atomic mass is 16.5. The molecule has 1 aliphatic rings. The molecule has 2 N–H and O–H groups in total. The van der Waals surface area contributed by atoms with Gasteiger partial charge in [-0.05, 0) is 6.92 Å². The Labute approximate surface area is 64.3 Å². The highest BCUT2D eigenvalue weighted by Gasteiger charge is 2.40. The van der Waals surface area contributed by atoms with E-state index in [0.29, 0.717) is 18.9 Å². The van der Waals surface area contributed by atoms with E-state index >= 15 is 0 Å². The second-order valence-electron chi connectivity index (χ2n) is 3.16. The van der Waals surface area contributed by atoms with E-state index in [1.807, 2.05) is 6.92 Å². The number of anilines is 1. The molecule has 1 saturated heterocycles. The minimum Gasteiger partial charge on any atom is -0.395 e. The van der Waals surface area contributed by atoms with Gasteiger partial charge in [-0.25, -0.2) is 0 Å². The van der Waals surface area contributed by atoms with Crippen molar-refractivity contribution in [3.8, 4) is 0 Å². The van der Waals surface area contributed by atoms with Crippen molar-refractivity contribution < 1.29 is 9.26 Å². The van der Waals surface area contributed by atoms with Crippen LogP contribution in [0.2, 0.25) is 0 Å². The van der Waals surface area contributed by atoms with Gasteiger partial charge in [0.1, 0.15) is 0 Å². The summed E-state index contributed by atoms with van der Waals surface area (Å²) in [6.45, 7) is 3.40. The number of rotatable bonds is 1. The average Bonchev–Trinajstić information content (AvgIpc) is 2.30. The molecular weight excluding hydrogens is 144 g/mol. The first-order valence-corrected chi connectivity index (χ1v) is 3.51. The number of nitrogens with two attached hydrogens (primary N) is 1. The highest BCUT2D eigenvalue weighted by Crippen LogP contribution is 2.34. The van der Waals surface area contributed by atoms with E-state index in [0.717, 1.165) is 5.76 Å². The first-order chi connectivity index (χ1) is 5.22. The van der Waals surface area contributed by atoms with Gasteiger partial charge in [-0.2, -0.15) is 0 Å². The standard InChI is InChI=1S/C7H10N2O2/c1-7(3-10-4-7)6-5(8)2-9-11-6/h2H,3-4,8H2,1H3. The van der Waals surface area contributed by atoms with Crippen LogP contribution >= 0.6 is 0 Å². The van der Waals surface area contributed by atoms with Crippen LogP contribution in [0.15, 0.2) is 10.7 Å². The molecule has 0 radical (unpaired) electrons. The van der Waals surface area contributed by atoms with Crippen molar-refractivity contribution in [1.82, 2.24) is 5.16 Å². The molecule has 1 aliphatic heterocycles. The van der Waals surface area contributed by atoms with Gasteiger partial charge in [-0.1, -0.05) is 5.16 Å². The van der Waals surface area contributed by atoms with Crippen LogP contribution in [-0.2, 0) is 10.2 Å². The van der Waals surface area contributed by atoms with Crippen LogP contribution in [0.4, 0.5) is 5.69 Å². The topological polar surface area (TPSA) is 61.3 Å². The number of nitrogen functional groups attached to an aromatic ring is 1. The molecule has 1 fully saturated rings. The molecule has 4 heteroatoms. The third-order valence-electron chi connectivity index (χ3n) is 1.99. The second kappa shape index (κ2) is 1.98. The molecule has 4 nitrogen and oxygen atoms in total. The summed E-state index contributed by atoms with van der Waals surface area (Å²) in [7, 11) is 0. The van der Waals surface area contributed by atoms with Crippen LogP contribution in [-0.4, -0.2) is 18.4 Å². The van der Waals surface area contributed by atoms with Crippen molar-refractivity contribution >= 4 is 5.69 Å². The van der Waals surface area contributed by atoms with Crippen LogP contribution in [0.1, 0.15) is 12.7 Å². The lowest BCUT2D eigenvalue weighted by Gasteiger charge is -2.35. The van der Waals surface area contributed by atoms with Gasteiger partial charge in [0.15, 0.2) is 5.76 Å². The zero-order valence-electron chi connectivity index (χ0n) is 6.33. The van der Waals surface area contributed by atoms with E-state index < -0.39 is 0 Å². The van der Waals surface area contributed by atoms with Gasteiger partial charge in [0.2, 0.25) is 0 Å². The number of hydrogen-bond acceptors (Lipinski definition) is 4. The van der Waals surface area contributed by atoms with Crippen molar-refractivity contribution in [1.29, 1.82) is 0 Å². The predicted octanol–water partition coefficient (Wildman–Crippen LogP) is 0.545. The van der Waals surface area contributed by atoms with E-state index in [4.69, 9.17) is 15.0 Å². The Kier molecular flexibility index (Phi) is 1.20. The fourth-order valence-electron chi connectivity index (χ4n) is 1.25. The van der Waals surface area contributed by atoms with Crippen LogP contribution in [0, 0.1) is 0 Å². The summed E-state index contributed by atoms with van der Waals surface area (Å²) in [5.41, 5.74) is 6.20. The van der Waals surface area contributed by atoms with Crippen molar-refractivity contribution in [3.05, 3.63) is 12.0 Å². The minimum atomic E-state index is -0.0411. The van der Waals surface area contributed by atoms with Crippen LogP contribution in [0.25, 0.3) is 0 Å². The van der Waals surface area contributed by atoms with Crippen LogP contribution in [0.3, 0.4) is 0 Å². The molecule has 60 valence electrons. The van der Waals surface area contributed by atoms with Gasteiger partial charge in [-0.3, -0.25) is 0 Å². The first kappa shape index (κ1) is 6.67. The van der Waals surface area contributed by atoms with E-state index in [1.165, 1.54) is 6.20 Å². The molecule has 0 bridgehead atoms. The summed E-state index contributed by atoms with van der Waals surface area (Å²) in [5, 5.41) is 3.61. The Balaban J connectivity index is 2.35. The number of ether oxygens (including phenoxy) is 1. The van der Waals surface area contributed by atoms with Gasteiger partial charge >= 0.3 is 0 Å². The largest absolute Gasteiger partial charge is 0.395 e. The molecule has 0 saturated carbocycles. The summed E-state index contributed by atoms with van der Waals surface area (Å²) < 4.78 is 10.1. The average molecular weight is 154 g/mol. The summed E-state index contributed by atoms with van der Waals surface area (Å²) in [4.78, 5) is 0. The second-order valence-corrected chi connectivity index (χ2v) is 3.16. The molecule has 1 aromatic rings. The van der Waals surface area contributed by atoms with Gasteiger partial charge in [0.25, 0.3) is 0 Å². The molecule has 0 unspecified atom stereocenters. The number of aromatic nitrogens is 1. The summed E-state index contributed by atoms with van der Waals surface area (Å²) >= 11 is 0. The normalized spacial score (nSPS) is 21.2. The van der Waals surface area contributed by atoms with Gasteiger partial charge < -0.3 is 15.0 Å². The Bertz CT molecular complexity index is 265. The quantitative estimate of drug-likeness (QED) is 0.641. The molecule has 0 amide bonds. The Hall–Kier alpha value is -1.03. The lowest BCUT2D eigenvalue weighted by atomic mass is 9.85. The molecule has 0 atom stereocenters. The lowest BCUT2D eigenvalue weighted by molar-refractivity contribution is -0.0614. The maximum Gasteiger partial charge on any atom is 0.170 e. The summed E-state index contributed by atoms with van der Waals surface area (Å²) in [5.74, 6) is 0.753. The van der Waals surface area contributed by atoms with Gasteiger partial charge in [0, 0.05) is 0 Å². The number of hydrogen-bond donors (Lipinski definition) is 1. The van der Waals surface area contributed by atoms with Gasteiger partial charge in [0.05, 0.1) is 30.5 Å². The molecule has 1 aromatic heterocycles. The Morgan fingerprint density at radius 1 is 1.64 bits per heavy atom. The molecule has 0 spiro atoms. The smallest absolute Gasteiger partial charge is 0.170 e. The van der Waals surface area contributed by atoms with Crippen molar-refractivity contribution in [2.75, 3.05) is 18.9 Å². The molecule has 2 heterocycles. The SMILES string of the molecule is CC1(c2oncc2N)COC1. The fraction of sp³-hybridized carbons (Fsp3) is 0.571. The highest BCUT2D eigenvalue weighted by molar-refractivity contribution is 5.43. The molecule has 2 rings (SSSR count). The van der Waals surface area contributed by atoms with E-state index in [2.05, 4.69) is 5.16 Å². The lowest BCUT2D eigenvalue weighted by Crippen LogP contribution is -2.43. The Morgan fingerprint density at radius 2 is 2.36 bits per heavy atom. The van der Waals surface area contributed by atoms with E-state index in [-0.39, 0.29) is 5.41 Å². The third-order valence-corrected chi connectivity index (χ3v) is 1.99. The van der Waals surface area contributed by atoms with Crippen molar-refractivity contribution in [2.45, 2.75) is 12.3 Å². The summed E-state index contributed by atoms with van der Waals surface area (Å²) in [6, 6.07) is 0. The predicted molar refractivity (Wildman–Crippen MR) is 39.1 cm³/mol. The van der Waals surface area contributed by atoms with Crippen molar-refractivity contribution in [2.24, 2.45) is 0 Å². The van der Waals surface area contributed by atoms with Crippen molar-refractivity contribution in [3.63, 3.8) is 0 Å². The molecule has 11 heavy (non-hydrogen) atoms. The molecular formula is C7H10N2O2. The summed E-state index contributed by atoms with van der Waals surface area (Å²) in [6.07, 6.45) is 1.53. The van der Waals surface area contributed by atoms with Crippen LogP contribution in [0.5, 0.6) is 0 Å². The fourth-order valence-corrected chi connectivity index (χ4v) is 1.25. The zero-order chi connectivity index (χ0) is 7.90. The monoisotopic (exact) mass is 154 g/mol. The van der Waals surface area contributed by atoms with E-state index in [1.54, 1.807) is 0 Å². The third kappa shape index (κ3) is 0.826.